The van der Waals surface area contributed by atoms with Crippen LogP contribution in [-0.2, 0) is 6.42 Å². The van der Waals surface area contributed by atoms with Crippen molar-refractivity contribution in [3.8, 4) is 11.4 Å². The van der Waals surface area contributed by atoms with E-state index in [1.54, 1.807) is 12.4 Å². The molecule has 3 aromatic heterocycles. The molecule has 1 atom stereocenters. The van der Waals surface area contributed by atoms with Crippen LogP contribution in [0.25, 0.3) is 11.4 Å². The lowest BCUT2D eigenvalue weighted by Gasteiger charge is -2.22. The maximum absolute atomic E-state index is 12.7. The van der Waals surface area contributed by atoms with Gasteiger partial charge in [-0.05, 0) is 19.8 Å². The number of anilines is 1. The molecule has 24 heavy (non-hydrogen) atoms. The maximum Gasteiger partial charge on any atom is 0.259 e. The highest BCUT2D eigenvalue weighted by Crippen LogP contribution is 2.42. The molecule has 0 unspecified atom stereocenters. The molecule has 4 heterocycles. The molecule has 7 nitrogen and oxygen atoms in total. The number of nitrogens with zero attached hydrogens (tertiary/aromatic N) is 4. The van der Waals surface area contributed by atoms with Gasteiger partial charge in [0.2, 0.25) is 5.13 Å². The molecule has 2 N–H and O–H groups in total. The Morgan fingerprint density at radius 1 is 1.42 bits per heavy atom. The first-order valence-corrected chi connectivity index (χ1v) is 8.90. The van der Waals surface area contributed by atoms with Crippen molar-refractivity contribution in [3.05, 3.63) is 34.9 Å². The molecular formula is C16H16N6OS. The Labute approximate surface area is 142 Å². The van der Waals surface area contributed by atoms with Crippen molar-refractivity contribution >= 4 is 22.4 Å². The summed E-state index contributed by atoms with van der Waals surface area (Å²) < 4.78 is 2.11. The van der Waals surface area contributed by atoms with E-state index in [0.29, 0.717) is 22.7 Å². The minimum Gasteiger partial charge on any atom is -0.364 e. The highest BCUT2D eigenvalue weighted by Gasteiger charge is 2.30. The van der Waals surface area contributed by atoms with Crippen molar-refractivity contribution in [1.82, 2.24) is 24.7 Å². The summed E-state index contributed by atoms with van der Waals surface area (Å²) in [6, 6.07) is 0.328. The molecule has 1 fully saturated rings. The minimum atomic E-state index is -0.171. The van der Waals surface area contributed by atoms with Gasteiger partial charge < -0.3 is 9.55 Å². The number of H-pyrrole nitrogens is 1. The summed E-state index contributed by atoms with van der Waals surface area (Å²) in [6.07, 6.45) is 8.71. The molecule has 0 aromatic carbocycles. The van der Waals surface area contributed by atoms with Gasteiger partial charge in [0.1, 0.15) is 10.8 Å². The van der Waals surface area contributed by atoms with Crippen molar-refractivity contribution in [3.63, 3.8) is 0 Å². The third kappa shape index (κ3) is 2.10. The summed E-state index contributed by atoms with van der Waals surface area (Å²) in [6.45, 7) is 2.15. The summed E-state index contributed by atoms with van der Waals surface area (Å²) in [5, 5.41) is 12.7. The summed E-state index contributed by atoms with van der Waals surface area (Å²) >= 11 is 1.47. The molecular weight excluding hydrogens is 324 g/mol. The highest BCUT2D eigenvalue weighted by atomic mass is 32.1. The normalized spacial score (nSPS) is 19.0. The zero-order valence-corrected chi connectivity index (χ0v) is 13.9. The van der Waals surface area contributed by atoms with Crippen LogP contribution in [-0.4, -0.2) is 30.6 Å². The number of hydrogen-bond acceptors (Lipinski definition) is 5. The van der Waals surface area contributed by atoms with Crippen LogP contribution in [0.3, 0.4) is 0 Å². The van der Waals surface area contributed by atoms with Crippen molar-refractivity contribution in [2.24, 2.45) is 0 Å². The van der Waals surface area contributed by atoms with E-state index in [-0.39, 0.29) is 5.91 Å². The van der Waals surface area contributed by atoms with Gasteiger partial charge in [0, 0.05) is 42.7 Å². The number of carbonyl (C=O) groups is 1. The van der Waals surface area contributed by atoms with Gasteiger partial charge in [0.05, 0.1) is 11.1 Å². The molecule has 1 amide bonds. The van der Waals surface area contributed by atoms with E-state index < -0.39 is 0 Å². The van der Waals surface area contributed by atoms with Gasteiger partial charge in [-0.15, -0.1) is 10.2 Å². The zero-order chi connectivity index (χ0) is 16.3. The van der Waals surface area contributed by atoms with Gasteiger partial charge in [-0.1, -0.05) is 11.3 Å². The van der Waals surface area contributed by atoms with Crippen LogP contribution in [0.1, 0.15) is 52.8 Å². The van der Waals surface area contributed by atoms with Gasteiger partial charge in [-0.2, -0.15) is 0 Å². The van der Waals surface area contributed by atoms with Gasteiger partial charge in [-0.3, -0.25) is 10.1 Å². The van der Waals surface area contributed by atoms with Crippen LogP contribution in [0.2, 0.25) is 0 Å². The largest absolute Gasteiger partial charge is 0.364 e. The van der Waals surface area contributed by atoms with E-state index in [2.05, 4.69) is 37.0 Å². The Kier molecular flexibility index (Phi) is 2.90. The topological polar surface area (TPSA) is 88.5 Å². The molecule has 0 radical (unpaired) electrons. The van der Waals surface area contributed by atoms with Gasteiger partial charge in [0.25, 0.3) is 5.91 Å². The van der Waals surface area contributed by atoms with E-state index in [0.717, 1.165) is 28.5 Å². The number of hydrogen-bond donors (Lipinski definition) is 2. The summed E-state index contributed by atoms with van der Waals surface area (Å²) in [4.78, 5) is 20.4. The van der Waals surface area contributed by atoms with Gasteiger partial charge >= 0.3 is 0 Å². The molecule has 8 heteroatoms. The predicted octanol–water partition coefficient (Wildman–Crippen LogP) is 2.98. The van der Waals surface area contributed by atoms with Gasteiger partial charge in [-0.25, -0.2) is 4.98 Å². The van der Waals surface area contributed by atoms with E-state index in [1.807, 2.05) is 6.20 Å². The molecule has 3 aromatic rings. The second-order valence-electron chi connectivity index (χ2n) is 6.44. The molecule has 2 aliphatic rings. The van der Waals surface area contributed by atoms with Crippen molar-refractivity contribution in [2.45, 2.75) is 38.1 Å². The molecule has 0 bridgehead atoms. The molecule has 5 rings (SSSR count). The summed E-state index contributed by atoms with van der Waals surface area (Å²) in [5.74, 6) is 1.21. The number of aromatic amines is 1. The van der Waals surface area contributed by atoms with Crippen LogP contribution in [0.4, 0.5) is 5.13 Å². The van der Waals surface area contributed by atoms with Crippen molar-refractivity contribution in [2.75, 3.05) is 5.32 Å². The Balaban J connectivity index is 1.46. The molecule has 1 aliphatic carbocycles. The quantitative estimate of drug-likeness (QED) is 0.767. The number of nitrogens with one attached hydrogen (secondary N) is 2. The highest BCUT2D eigenvalue weighted by molar-refractivity contribution is 7.15. The Bertz CT molecular complexity index is 934. The fourth-order valence-electron chi connectivity index (χ4n) is 3.26. The molecule has 0 saturated heterocycles. The van der Waals surface area contributed by atoms with Crippen LogP contribution >= 0.6 is 11.3 Å². The molecule has 1 saturated carbocycles. The smallest absolute Gasteiger partial charge is 0.259 e. The molecule has 1 aliphatic heterocycles. The van der Waals surface area contributed by atoms with E-state index in [4.69, 9.17) is 0 Å². The van der Waals surface area contributed by atoms with Crippen molar-refractivity contribution < 1.29 is 4.79 Å². The average molecular weight is 340 g/mol. The number of amides is 1. The second kappa shape index (κ2) is 5.01. The number of fused-ring (bicyclic) bond motifs is 3. The predicted molar refractivity (Wildman–Crippen MR) is 90.3 cm³/mol. The minimum absolute atomic E-state index is 0.171. The first-order valence-electron chi connectivity index (χ1n) is 8.09. The SMILES string of the molecule is C[C@@H]1Cc2[nH]cc(C(=O)Nc3nnc(C4CC4)s3)c2-c2nccn21. The average Bonchev–Trinajstić information content (AvgIpc) is 2.99. The number of imidazole rings is 1. The maximum atomic E-state index is 12.7. The number of carbonyl (C=O) groups excluding carboxylic acids is 1. The van der Waals surface area contributed by atoms with Gasteiger partial charge in [0.15, 0.2) is 0 Å². The third-order valence-electron chi connectivity index (χ3n) is 4.66. The van der Waals surface area contributed by atoms with Crippen LogP contribution in [0, 0.1) is 0 Å². The number of aromatic nitrogens is 5. The third-order valence-corrected chi connectivity index (χ3v) is 5.66. The fraction of sp³-hybridized carbons (Fsp3) is 0.375. The standard InChI is InChI=1S/C16H16N6OS/c1-8-6-11-12(13-17-4-5-22(8)13)10(7-18-11)14(23)19-16-21-20-15(24-16)9-2-3-9/h4-5,7-9,18H,2-3,6H2,1H3,(H,19,21,23)/t8-/m1/s1. The second-order valence-corrected chi connectivity index (χ2v) is 7.45. The first kappa shape index (κ1) is 13.9. The van der Waals surface area contributed by atoms with E-state index in [1.165, 1.54) is 24.2 Å². The molecule has 0 spiro atoms. The summed E-state index contributed by atoms with van der Waals surface area (Å²) in [7, 11) is 0. The summed E-state index contributed by atoms with van der Waals surface area (Å²) in [5.41, 5.74) is 2.55. The van der Waals surface area contributed by atoms with Crippen molar-refractivity contribution in [1.29, 1.82) is 0 Å². The van der Waals surface area contributed by atoms with E-state index in [9.17, 15) is 4.79 Å². The number of rotatable bonds is 3. The first-order chi connectivity index (χ1) is 11.7. The molecule has 122 valence electrons. The lowest BCUT2D eigenvalue weighted by molar-refractivity contribution is 0.102. The Morgan fingerprint density at radius 3 is 3.12 bits per heavy atom. The van der Waals surface area contributed by atoms with Crippen LogP contribution in [0.5, 0.6) is 0 Å². The van der Waals surface area contributed by atoms with E-state index >= 15 is 0 Å². The lowest BCUT2D eigenvalue weighted by atomic mass is 10.0. The fourth-order valence-corrected chi connectivity index (χ4v) is 4.17. The van der Waals surface area contributed by atoms with Crippen LogP contribution < -0.4 is 5.32 Å². The Morgan fingerprint density at radius 2 is 2.29 bits per heavy atom. The monoisotopic (exact) mass is 340 g/mol. The Hall–Kier alpha value is -2.48. The van der Waals surface area contributed by atoms with Crippen LogP contribution in [0.15, 0.2) is 18.6 Å². The lowest BCUT2D eigenvalue weighted by Crippen LogP contribution is -2.18. The zero-order valence-electron chi connectivity index (χ0n) is 13.1.